The molecule has 7 fully saturated rings. The van der Waals surface area contributed by atoms with Crippen LogP contribution in [0.5, 0.6) is 0 Å². The lowest BCUT2D eigenvalue weighted by Crippen LogP contribution is -2.76. The van der Waals surface area contributed by atoms with Crippen LogP contribution < -0.4 is 10.6 Å². The van der Waals surface area contributed by atoms with E-state index in [1.807, 2.05) is 6.07 Å². The maximum absolute atomic E-state index is 13.8. The zero-order valence-corrected chi connectivity index (χ0v) is 28.6. The number of nitrogens with zero attached hydrogens (tertiary/aromatic N) is 2. The average Bonchev–Trinajstić information content (AvgIpc) is 3.34. The molecule has 2 aliphatic carbocycles. The number of piperidine rings is 2. The van der Waals surface area contributed by atoms with Crippen molar-refractivity contribution in [1.82, 2.24) is 9.80 Å². The van der Waals surface area contributed by atoms with Gasteiger partial charge in [0.25, 0.3) is 0 Å². The summed E-state index contributed by atoms with van der Waals surface area (Å²) in [4.78, 5) is 19.2. The molecule has 2 aromatic rings. The summed E-state index contributed by atoms with van der Waals surface area (Å²) in [5.41, 5.74) is 3.70. The van der Waals surface area contributed by atoms with E-state index in [1.54, 1.807) is 0 Å². The Morgan fingerprint density at radius 3 is 2.63 bits per heavy atom. The summed E-state index contributed by atoms with van der Waals surface area (Å²) in [6, 6.07) is 17.8. The third-order valence-corrected chi connectivity index (χ3v) is 16.4. The molecule has 12 atom stereocenters. The third-order valence-electron chi connectivity index (χ3n) is 16.4. The number of esters is 1. The molecule has 0 amide bonds. The molecule has 0 aromatic heterocycles. The lowest BCUT2D eigenvalue weighted by Gasteiger charge is -2.64. The van der Waals surface area contributed by atoms with Crippen LogP contribution in [-0.2, 0) is 29.8 Å². The number of rotatable bonds is 3. The van der Waals surface area contributed by atoms with Crippen molar-refractivity contribution >= 4 is 17.3 Å². The number of hydrogen-bond acceptors (Lipinski definition) is 9. The minimum absolute atomic E-state index is 0.0242. The normalized spacial score (nSPS) is 50.0. The van der Waals surface area contributed by atoms with Crippen LogP contribution in [0.1, 0.15) is 69.9 Å². The predicted octanol–water partition coefficient (Wildman–Crippen LogP) is 4.27. The molecule has 9 nitrogen and oxygen atoms in total. The van der Waals surface area contributed by atoms with Crippen LogP contribution in [0.15, 0.2) is 59.8 Å². The number of aliphatic hydroxyl groups excluding tert-OH is 1. The first kappa shape index (κ1) is 28.7. The molecule has 12 rings (SSSR count). The second-order valence-corrected chi connectivity index (χ2v) is 17.3. The van der Waals surface area contributed by atoms with Crippen LogP contribution in [0.2, 0.25) is 0 Å². The van der Waals surface area contributed by atoms with Gasteiger partial charge in [-0.15, -0.1) is 0 Å². The molecule has 256 valence electrons. The fourth-order valence-electron chi connectivity index (χ4n) is 15.0. The number of methoxy groups -OCH3 is 1. The molecular weight excluding hydrogens is 616 g/mol. The molecule has 0 unspecified atom stereocenters. The van der Waals surface area contributed by atoms with Crippen molar-refractivity contribution in [2.75, 3.05) is 37.4 Å². The number of nitrogens with one attached hydrogen (secondary N) is 2. The van der Waals surface area contributed by atoms with Crippen molar-refractivity contribution in [1.29, 1.82) is 0 Å². The lowest BCUT2D eigenvalue weighted by atomic mass is 9.47. The second-order valence-electron chi connectivity index (χ2n) is 17.3. The Labute approximate surface area is 287 Å². The van der Waals surface area contributed by atoms with E-state index in [0.29, 0.717) is 30.6 Å². The van der Waals surface area contributed by atoms with E-state index in [9.17, 15) is 9.90 Å². The van der Waals surface area contributed by atoms with Gasteiger partial charge in [-0.25, -0.2) is 4.79 Å². The highest BCUT2D eigenvalue weighted by molar-refractivity contribution is 5.93. The van der Waals surface area contributed by atoms with Crippen molar-refractivity contribution in [3.8, 4) is 0 Å². The van der Waals surface area contributed by atoms with Gasteiger partial charge < -0.3 is 30.0 Å². The first-order valence-electron chi connectivity index (χ1n) is 18.9. The Morgan fingerprint density at radius 1 is 1.04 bits per heavy atom. The standard InChI is InChI=1S/C40H46N4O5/c1-4-35-19-25-30-37(5-2,49-40(25)39(24-11-7-9-13-27(24)42-40)15-16-43(33(35)39)20-28-31(35)48-28)21-36-18-22(32(45)47-3)29-38(34(36)46,14-17-44(30)36)23-10-6-8-12-26(23)41-29/h6-13,25,28,30-31,33-34,41-42,46H,4-5,14-21H2,1-3H3/t25-,28+,30-,31+,33-,34-,35+,36-,37-,38+,39+,40+/m0/s1. The highest BCUT2D eigenvalue weighted by atomic mass is 16.6. The maximum atomic E-state index is 13.8. The fraction of sp³-hybridized carbons (Fsp3) is 0.625. The molecule has 6 saturated heterocycles. The second kappa shape index (κ2) is 8.56. The molecule has 49 heavy (non-hydrogen) atoms. The Bertz CT molecular complexity index is 1920. The molecule has 8 heterocycles. The quantitative estimate of drug-likeness (QED) is 0.329. The van der Waals surface area contributed by atoms with Crippen LogP contribution in [0.4, 0.5) is 11.4 Å². The summed E-state index contributed by atoms with van der Waals surface area (Å²) in [5, 5.41) is 20.9. The van der Waals surface area contributed by atoms with Gasteiger partial charge in [-0.3, -0.25) is 9.80 Å². The average molecular weight is 663 g/mol. The summed E-state index contributed by atoms with van der Waals surface area (Å²) in [5.74, 6) is -0.115. The molecule has 2 aromatic carbocycles. The number of ether oxygens (including phenoxy) is 3. The van der Waals surface area contributed by atoms with Crippen LogP contribution >= 0.6 is 0 Å². The topological polar surface area (TPSA) is 98.8 Å². The van der Waals surface area contributed by atoms with Gasteiger partial charge in [0.15, 0.2) is 5.72 Å². The van der Waals surface area contributed by atoms with Crippen molar-refractivity contribution < 1.29 is 24.1 Å². The lowest BCUT2D eigenvalue weighted by molar-refractivity contribution is -0.194. The van der Waals surface area contributed by atoms with Crippen LogP contribution in [-0.4, -0.2) is 94.9 Å². The van der Waals surface area contributed by atoms with E-state index in [2.05, 4.69) is 76.7 Å². The van der Waals surface area contributed by atoms with Crippen molar-refractivity contribution in [3.63, 3.8) is 0 Å². The minimum atomic E-state index is -0.700. The number of anilines is 2. The molecule has 8 aliphatic heterocycles. The minimum Gasteiger partial charge on any atom is -0.466 e. The first-order chi connectivity index (χ1) is 23.8. The summed E-state index contributed by atoms with van der Waals surface area (Å²) in [7, 11) is 1.48. The molecule has 10 aliphatic rings. The Balaban J connectivity index is 1.07. The molecule has 3 N–H and O–H groups in total. The van der Waals surface area contributed by atoms with Gasteiger partial charge in [-0.2, -0.15) is 0 Å². The van der Waals surface area contributed by atoms with Gasteiger partial charge >= 0.3 is 5.97 Å². The van der Waals surface area contributed by atoms with E-state index in [-0.39, 0.29) is 34.9 Å². The number of carbonyl (C=O) groups is 1. The van der Waals surface area contributed by atoms with Gasteiger partial charge in [0.05, 0.1) is 53.0 Å². The summed E-state index contributed by atoms with van der Waals surface area (Å²) in [6.07, 6.45) is 5.80. The van der Waals surface area contributed by atoms with Gasteiger partial charge in [0.1, 0.15) is 0 Å². The fourth-order valence-corrected chi connectivity index (χ4v) is 15.0. The third kappa shape index (κ3) is 2.72. The predicted molar refractivity (Wildman–Crippen MR) is 182 cm³/mol. The summed E-state index contributed by atoms with van der Waals surface area (Å²) >= 11 is 0. The van der Waals surface area contributed by atoms with Gasteiger partial charge in [0, 0.05) is 60.0 Å². The van der Waals surface area contributed by atoms with Crippen LogP contribution in [0, 0.1) is 11.3 Å². The molecule has 1 saturated carbocycles. The van der Waals surface area contributed by atoms with Crippen LogP contribution in [0.25, 0.3) is 0 Å². The summed E-state index contributed by atoms with van der Waals surface area (Å²) in [6.45, 7) is 7.63. The van der Waals surface area contributed by atoms with Gasteiger partial charge in [-0.1, -0.05) is 50.2 Å². The number of benzene rings is 2. The van der Waals surface area contributed by atoms with Crippen molar-refractivity contribution in [3.05, 3.63) is 70.9 Å². The van der Waals surface area contributed by atoms with E-state index in [1.165, 1.54) is 18.4 Å². The van der Waals surface area contributed by atoms with Gasteiger partial charge in [0.2, 0.25) is 0 Å². The highest BCUT2D eigenvalue weighted by Crippen LogP contribution is 2.78. The molecule has 4 spiro atoms. The largest absolute Gasteiger partial charge is 0.466 e. The number of para-hydroxylation sites is 2. The molecule has 0 radical (unpaired) electrons. The van der Waals surface area contributed by atoms with Crippen LogP contribution in [0.3, 0.4) is 0 Å². The molecule has 9 heteroatoms. The molecule has 2 bridgehead atoms. The maximum Gasteiger partial charge on any atom is 0.335 e. The Morgan fingerprint density at radius 2 is 1.84 bits per heavy atom. The Kier molecular flexibility index (Phi) is 5.02. The number of carbonyl (C=O) groups excluding carboxylic acids is 1. The van der Waals surface area contributed by atoms with E-state index < -0.39 is 28.4 Å². The smallest absolute Gasteiger partial charge is 0.335 e. The Hall–Kier alpha value is -2.95. The monoisotopic (exact) mass is 662 g/mol. The van der Waals surface area contributed by atoms with E-state index in [0.717, 1.165) is 68.7 Å². The highest BCUT2D eigenvalue weighted by Gasteiger charge is 2.87. The van der Waals surface area contributed by atoms with Gasteiger partial charge in [-0.05, 0) is 68.3 Å². The SMILES string of the molecule is CC[C@]12C[C@]34CC(C(=O)OC)=C5Nc6ccccc6[C@@]5(CCN3[C@H]1[C@@H]1C[C@]3(CC)[C@@H]5O[C@@H]5CN5CC[C@@]6(c7ccccc7N[C@@]16O2)[C@@H]53)[C@H]4O. The van der Waals surface area contributed by atoms with E-state index in [4.69, 9.17) is 14.2 Å². The van der Waals surface area contributed by atoms with E-state index >= 15 is 0 Å². The van der Waals surface area contributed by atoms with Crippen molar-refractivity contribution in [2.45, 2.75) is 117 Å². The number of hydrogen-bond donors (Lipinski definition) is 3. The zero-order chi connectivity index (χ0) is 32.9. The number of epoxide rings is 1. The number of aliphatic hydroxyl groups is 1. The van der Waals surface area contributed by atoms with Crippen molar-refractivity contribution in [2.24, 2.45) is 11.3 Å². The summed E-state index contributed by atoms with van der Waals surface area (Å²) < 4.78 is 20.2. The first-order valence-corrected chi connectivity index (χ1v) is 18.9. The zero-order valence-electron chi connectivity index (χ0n) is 28.6. The number of fused-ring (bicyclic) bond motifs is 7. The molecular formula is C40H46N4O5.